The third-order valence-electron chi connectivity index (χ3n) is 3.13. The molecule has 0 saturated heterocycles. The summed E-state index contributed by atoms with van der Waals surface area (Å²) in [6, 6.07) is 16.2. The number of hydrogen-bond acceptors (Lipinski definition) is 3. The molecule has 3 nitrogen and oxygen atoms in total. The van der Waals surface area contributed by atoms with Crippen LogP contribution in [0.3, 0.4) is 0 Å². The van der Waals surface area contributed by atoms with Crippen molar-refractivity contribution in [1.82, 2.24) is 0 Å². The highest BCUT2D eigenvalue weighted by molar-refractivity contribution is 5.81. The predicted molar refractivity (Wildman–Crippen MR) is 75.0 cm³/mol. The Morgan fingerprint density at radius 1 is 1.05 bits per heavy atom. The number of nitrogens with zero attached hydrogens (tertiary/aromatic N) is 1. The molecule has 2 aromatic rings. The van der Waals surface area contributed by atoms with Crippen molar-refractivity contribution in [3.8, 4) is 11.5 Å². The molecule has 1 aliphatic heterocycles. The molecule has 1 heterocycles. The maximum Gasteiger partial charge on any atom is 0.231 e. The first kappa shape index (κ1) is 11.8. The predicted octanol–water partition coefficient (Wildman–Crippen LogP) is 3.60. The van der Waals surface area contributed by atoms with Gasteiger partial charge in [-0.25, -0.2) is 0 Å². The zero-order chi connectivity index (χ0) is 13.1. The van der Waals surface area contributed by atoms with Gasteiger partial charge in [0.05, 0.1) is 6.04 Å². The average molecular weight is 253 g/mol. The van der Waals surface area contributed by atoms with Crippen LogP contribution in [-0.2, 0) is 0 Å². The molecule has 1 aliphatic rings. The fourth-order valence-corrected chi connectivity index (χ4v) is 2.01. The Labute approximate surface area is 112 Å². The van der Waals surface area contributed by atoms with Crippen LogP contribution in [0.2, 0.25) is 0 Å². The van der Waals surface area contributed by atoms with E-state index in [-0.39, 0.29) is 6.04 Å². The van der Waals surface area contributed by atoms with E-state index in [1.165, 1.54) is 5.56 Å². The van der Waals surface area contributed by atoms with E-state index in [2.05, 4.69) is 24.0 Å². The van der Waals surface area contributed by atoms with Crippen molar-refractivity contribution in [2.75, 3.05) is 6.79 Å². The van der Waals surface area contributed by atoms with Crippen LogP contribution in [0.5, 0.6) is 11.5 Å². The van der Waals surface area contributed by atoms with Crippen LogP contribution in [0.1, 0.15) is 24.1 Å². The van der Waals surface area contributed by atoms with Gasteiger partial charge in [-0.1, -0.05) is 30.3 Å². The van der Waals surface area contributed by atoms with Crippen LogP contribution < -0.4 is 9.47 Å². The summed E-state index contributed by atoms with van der Waals surface area (Å²) in [5, 5.41) is 0. The Morgan fingerprint density at radius 2 is 1.84 bits per heavy atom. The largest absolute Gasteiger partial charge is 0.454 e. The molecule has 3 heteroatoms. The van der Waals surface area contributed by atoms with E-state index in [0.717, 1.165) is 17.1 Å². The molecule has 0 saturated carbocycles. The molecule has 0 N–H and O–H groups in total. The lowest BCUT2D eigenvalue weighted by molar-refractivity contribution is 0.174. The van der Waals surface area contributed by atoms with Crippen LogP contribution >= 0.6 is 0 Å². The molecule has 0 bridgehead atoms. The molecule has 0 aliphatic carbocycles. The molecule has 2 aromatic carbocycles. The first-order chi connectivity index (χ1) is 9.33. The lowest BCUT2D eigenvalue weighted by Crippen LogP contribution is -1.93. The van der Waals surface area contributed by atoms with Gasteiger partial charge < -0.3 is 9.47 Å². The summed E-state index contributed by atoms with van der Waals surface area (Å²) in [6.07, 6.45) is 1.87. The SMILES string of the molecule is C[C@H](N=Cc1ccc2c(c1)OCO2)c1ccccc1. The Morgan fingerprint density at radius 3 is 2.68 bits per heavy atom. The fourth-order valence-electron chi connectivity index (χ4n) is 2.01. The van der Waals surface area contributed by atoms with Gasteiger partial charge >= 0.3 is 0 Å². The van der Waals surface area contributed by atoms with Gasteiger partial charge in [0.15, 0.2) is 11.5 Å². The normalized spacial score (nSPS) is 14.8. The third-order valence-corrected chi connectivity index (χ3v) is 3.13. The molecule has 0 spiro atoms. The topological polar surface area (TPSA) is 30.8 Å². The van der Waals surface area contributed by atoms with E-state index in [1.54, 1.807) is 0 Å². The second kappa shape index (κ2) is 5.14. The summed E-state index contributed by atoms with van der Waals surface area (Å²) < 4.78 is 10.6. The molecular formula is C16H15NO2. The minimum atomic E-state index is 0.145. The zero-order valence-corrected chi connectivity index (χ0v) is 10.7. The van der Waals surface area contributed by atoms with Gasteiger partial charge in [-0.2, -0.15) is 0 Å². The van der Waals surface area contributed by atoms with Crippen LogP contribution in [0.4, 0.5) is 0 Å². The van der Waals surface area contributed by atoms with E-state index >= 15 is 0 Å². The van der Waals surface area contributed by atoms with Crippen molar-refractivity contribution >= 4 is 6.21 Å². The number of fused-ring (bicyclic) bond motifs is 1. The number of aliphatic imine (C=N–C) groups is 1. The first-order valence-electron chi connectivity index (χ1n) is 6.31. The molecule has 0 unspecified atom stereocenters. The molecule has 0 aromatic heterocycles. The first-order valence-corrected chi connectivity index (χ1v) is 6.31. The fraction of sp³-hybridized carbons (Fsp3) is 0.188. The number of hydrogen-bond donors (Lipinski definition) is 0. The highest BCUT2D eigenvalue weighted by atomic mass is 16.7. The van der Waals surface area contributed by atoms with Gasteiger partial charge in [0.25, 0.3) is 0 Å². The molecule has 3 rings (SSSR count). The molecular weight excluding hydrogens is 238 g/mol. The Balaban J connectivity index is 1.76. The number of rotatable bonds is 3. The Hall–Kier alpha value is -2.29. The summed E-state index contributed by atoms with van der Waals surface area (Å²) in [6.45, 7) is 2.38. The maximum absolute atomic E-state index is 5.35. The number of benzene rings is 2. The van der Waals surface area contributed by atoms with Crippen LogP contribution in [0, 0.1) is 0 Å². The van der Waals surface area contributed by atoms with Gasteiger partial charge in [-0.05, 0) is 36.2 Å². The van der Waals surface area contributed by atoms with Gasteiger partial charge in [-0.3, -0.25) is 4.99 Å². The van der Waals surface area contributed by atoms with Crippen LogP contribution in [0.15, 0.2) is 53.5 Å². The molecule has 0 amide bonds. The van der Waals surface area contributed by atoms with Gasteiger partial charge in [0.1, 0.15) is 0 Å². The van der Waals surface area contributed by atoms with Crippen molar-refractivity contribution in [1.29, 1.82) is 0 Å². The average Bonchev–Trinajstić information content (AvgIpc) is 2.93. The third kappa shape index (κ3) is 2.60. The minimum absolute atomic E-state index is 0.145. The molecule has 0 radical (unpaired) electrons. The summed E-state index contributed by atoms with van der Waals surface area (Å²) >= 11 is 0. The molecule has 96 valence electrons. The minimum Gasteiger partial charge on any atom is -0.454 e. The monoisotopic (exact) mass is 253 g/mol. The second-order valence-electron chi connectivity index (χ2n) is 4.48. The lowest BCUT2D eigenvalue weighted by atomic mass is 10.1. The second-order valence-corrected chi connectivity index (χ2v) is 4.48. The van der Waals surface area contributed by atoms with Gasteiger partial charge in [0.2, 0.25) is 6.79 Å². The lowest BCUT2D eigenvalue weighted by Gasteiger charge is -2.05. The molecule has 1 atom stereocenters. The van der Waals surface area contributed by atoms with E-state index in [1.807, 2.05) is 42.6 Å². The standard InChI is InChI=1S/C16H15NO2/c1-12(14-5-3-2-4-6-14)17-10-13-7-8-15-16(9-13)19-11-18-15/h2-10,12H,11H2,1H3/t12-/m0/s1. The zero-order valence-electron chi connectivity index (χ0n) is 10.7. The summed E-state index contributed by atoms with van der Waals surface area (Å²) in [5.74, 6) is 1.59. The number of ether oxygens (including phenoxy) is 2. The van der Waals surface area contributed by atoms with Crippen LogP contribution in [0.25, 0.3) is 0 Å². The van der Waals surface area contributed by atoms with Crippen molar-refractivity contribution < 1.29 is 9.47 Å². The van der Waals surface area contributed by atoms with Gasteiger partial charge in [-0.15, -0.1) is 0 Å². The van der Waals surface area contributed by atoms with E-state index in [4.69, 9.17) is 9.47 Å². The summed E-state index contributed by atoms with van der Waals surface area (Å²) in [5.41, 5.74) is 2.23. The Bertz CT molecular complexity index is 593. The highest BCUT2D eigenvalue weighted by Crippen LogP contribution is 2.32. The summed E-state index contributed by atoms with van der Waals surface area (Å²) in [7, 11) is 0. The smallest absolute Gasteiger partial charge is 0.231 e. The van der Waals surface area contributed by atoms with Crippen molar-refractivity contribution in [3.05, 3.63) is 59.7 Å². The van der Waals surface area contributed by atoms with Crippen molar-refractivity contribution in [3.63, 3.8) is 0 Å². The van der Waals surface area contributed by atoms with E-state index in [9.17, 15) is 0 Å². The van der Waals surface area contributed by atoms with E-state index in [0.29, 0.717) is 6.79 Å². The van der Waals surface area contributed by atoms with Crippen LogP contribution in [-0.4, -0.2) is 13.0 Å². The van der Waals surface area contributed by atoms with Crippen molar-refractivity contribution in [2.24, 2.45) is 4.99 Å². The van der Waals surface area contributed by atoms with E-state index < -0.39 is 0 Å². The quantitative estimate of drug-likeness (QED) is 0.782. The van der Waals surface area contributed by atoms with Gasteiger partial charge in [0, 0.05) is 6.21 Å². The maximum atomic E-state index is 5.35. The molecule has 0 fully saturated rings. The summed E-state index contributed by atoms with van der Waals surface area (Å²) in [4.78, 5) is 4.57. The molecule has 19 heavy (non-hydrogen) atoms. The van der Waals surface area contributed by atoms with Crippen molar-refractivity contribution in [2.45, 2.75) is 13.0 Å². The Kier molecular flexibility index (Phi) is 3.19. The highest BCUT2D eigenvalue weighted by Gasteiger charge is 2.12.